The zero-order chi connectivity index (χ0) is 18.7. The number of halogens is 2. The van der Waals surface area contributed by atoms with Gasteiger partial charge in [0.2, 0.25) is 0 Å². The van der Waals surface area contributed by atoms with Gasteiger partial charge < -0.3 is 14.8 Å². The molecule has 26 heavy (non-hydrogen) atoms. The Morgan fingerprint density at radius 3 is 2.69 bits per heavy atom. The minimum absolute atomic E-state index is 0.162. The minimum atomic E-state index is -0.473. The molecule has 1 aliphatic carbocycles. The zero-order valence-electron chi connectivity index (χ0n) is 14.8. The fraction of sp³-hybridized carbons (Fsp3) is 0.350. The average molecular weight is 378 g/mol. The van der Waals surface area contributed by atoms with Crippen LogP contribution in [0.15, 0.2) is 36.4 Å². The lowest BCUT2D eigenvalue weighted by atomic mass is 10.1. The predicted molar refractivity (Wildman–Crippen MR) is 98.4 cm³/mol. The fourth-order valence-electron chi connectivity index (χ4n) is 2.55. The van der Waals surface area contributed by atoms with Crippen molar-refractivity contribution in [1.29, 1.82) is 0 Å². The van der Waals surface area contributed by atoms with Crippen molar-refractivity contribution >= 4 is 17.5 Å². The van der Waals surface area contributed by atoms with Crippen LogP contribution in [0.3, 0.4) is 0 Å². The van der Waals surface area contributed by atoms with Crippen molar-refractivity contribution in [3.63, 3.8) is 0 Å². The Kier molecular flexibility index (Phi) is 5.37. The van der Waals surface area contributed by atoms with E-state index in [9.17, 15) is 9.18 Å². The SMILES string of the molecule is COc1ccc(CNC(=O)c2c(Cl)cccc2OCC2(C)CC2)cc1F. The van der Waals surface area contributed by atoms with E-state index in [2.05, 4.69) is 12.2 Å². The number of hydrogen-bond acceptors (Lipinski definition) is 3. The number of hydrogen-bond donors (Lipinski definition) is 1. The topological polar surface area (TPSA) is 47.6 Å². The maximum atomic E-state index is 13.8. The van der Waals surface area contributed by atoms with E-state index in [4.69, 9.17) is 21.1 Å². The van der Waals surface area contributed by atoms with Crippen LogP contribution < -0.4 is 14.8 Å². The molecular formula is C20H21ClFNO3. The maximum Gasteiger partial charge on any atom is 0.256 e. The third kappa shape index (κ3) is 4.28. The number of rotatable bonds is 7. The van der Waals surface area contributed by atoms with Crippen molar-refractivity contribution in [3.8, 4) is 11.5 Å². The molecule has 0 unspecified atom stereocenters. The van der Waals surface area contributed by atoms with Gasteiger partial charge in [-0.15, -0.1) is 0 Å². The Bertz CT molecular complexity index is 821. The van der Waals surface area contributed by atoms with Gasteiger partial charge in [-0.25, -0.2) is 4.39 Å². The summed E-state index contributed by atoms with van der Waals surface area (Å²) in [6.07, 6.45) is 2.25. The molecule has 0 aliphatic heterocycles. The largest absolute Gasteiger partial charge is 0.494 e. The standard InChI is InChI=1S/C20H21ClFNO3/c1-20(8-9-20)12-26-17-5-3-4-14(21)18(17)19(24)23-11-13-6-7-16(25-2)15(22)10-13/h3-7,10H,8-9,11-12H2,1-2H3,(H,23,24). The van der Waals surface area contributed by atoms with Crippen LogP contribution >= 0.6 is 11.6 Å². The quantitative estimate of drug-likeness (QED) is 0.767. The third-order valence-electron chi connectivity index (χ3n) is 4.55. The first-order valence-corrected chi connectivity index (χ1v) is 8.82. The molecule has 1 N–H and O–H groups in total. The predicted octanol–water partition coefficient (Wildman–Crippen LogP) is 4.60. The van der Waals surface area contributed by atoms with Gasteiger partial charge in [0, 0.05) is 12.0 Å². The summed E-state index contributed by atoms with van der Waals surface area (Å²) in [5.41, 5.74) is 1.11. The molecule has 0 heterocycles. The molecule has 4 nitrogen and oxygen atoms in total. The fourth-order valence-corrected chi connectivity index (χ4v) is 2.80. The van der Waals surface area contributed by atoms with Crippen LogP contribution in [-0.2, 0) is 6.54 Å². The molecule has 1 saturated carbocycles. The highest BCUT2D eigenvalue weighted by molar-refractivity contribution is 6.34. The van der Waals surface area contributed by atoms with E-state index in [0.717, 1.165) is 12.8 Å². The highest BCUT2D eigenvalue weighted by Crippen LogP contribution is 2.45. The van der Waals surface area contributed by atoms with Gasteiger partial charge in [-0.2, -0.15) is 0 Å². The summed E-state index contributed by atoms with van der Waals surface area (Å²) in [5, 5.41) is 3.08. The number of amides is 1. The van der Waals surface area contributed by atoms with E-state index in [1.807, 2.05) is 0 Å². The van der Waals surface area contributed by atoms with Crippen molar-refractivity contribution in [3.05, 3.63) is 58.4 Å². The summed E-state index contributed by atoms with van der Waals surface area (Å²) in [5.74, 6) is -0.207. The molecular weight excluding hydrogens is 357 g/mol. The number of carbonyl (C=O) groups is 1. The van der Waals surface area contributed by atoms with Gasteiger partial charge in [0.15, 0.2) is 11.6 Å². The summed E-state index contributed by atoms with van der Waals surface area (Å²) in [6, 6.07) is 9.69. The van der Waals surface area contributed by atoms with Gasteiger partial charge in [0.25, 0.3) is 5.91 Å². The van der Waals surface area contributed by atoms with Crippen LogP contribution in [0.5, 0.6) is 11.5 Å². The summed E-state index contributed by atoms with van der Waals surface area (Å²) in [6.45, 7) is 2.87. The third-order valence-corrected chi connectivity index (χ3v) is 4.87. The first kappa shape index (κ1) is 18.5. The van der Waals surface area contributed by atoms with Crippen molar-refractivity contribution in [1.82, 2.24) is 5.32 Å². The Hall–Kier alpha value is -2.27. The molecule has 3 rings (SSSR count). The Morgan fingerprint density at radius 1 is 1.27 bits per heavy atom. The van der Waals surface area contributed by atoms with Gasteiger partial charge >= 0.3 is 0 Å². The lowest BCUT2D eigenvalue weighted by Gasteiger charge is -2.15. The zero-order valence-corrected chi connectivity index (χ0v) is 15.5. The second-order valence-corrected chi connectivity index (χ2v) is 7.27. The molecule has 6 heteroatoms. The van der Waals surface area contributed by atoms with Crippen molar-refractivity contribution < 1.29 is 18.7 Å². The van der Waals surface area contributed by atoms with E-state index in [0.29, 0.717) is 28.5 Å². The molecule has 0 radical (unpaired) electrons. The molecule has 1 amide bonds. The maximum absolute atomic E-state index is 13.8. The monoisotopic (exact) mass is 377 g/mol. The first-order valence-electron chi connectivity index (χ1n) is 8.44. The van der Waals surface area contributed by atoms with E-state index < -0.39 is 5.82 Å². The van der Waals surface area contributed by atoms with Crippen LogP contribution in [0.1, 0.15) is 35.7 Å². The van der Waals surface area contributed by atoms with E-state index in [-0.39, 0.29) is 23.6 Å². The van der Waals surface area contributed by atoms with Crippen LogP contribution in [0.2, 0.25) is 5.02 Å². The Morgan fingerprint density at radius 2 is 2.04 bits per heavy atom. The van der Waals surface area contributed by atoms with E-state index in [1.54, 1.807) is 24.3 Å². The van der Waals surface area contributed by atoms with E-state index in [1.165, 1.54) is 19.2 Å². The second kappa shape index (κ2) is 7.54. The van der Waals surface area contributed by atoms with Gasteiger partial charge in [-0.05, 0) is 42.7 Å². The van der Waals surface area contributed by atoms with Gasteiger partial charge in [-0.3, -0.25) is 4.79 Å². The van der Waals surface area contributed by atoms with Crippen molar-refractivity contribution in [2.24, 2.45) is 5.41 Å². The molecule has 0 saturated heterocycles. The van der Waals surface area contributed by atoms with Crippen LogP contribution in [0.4, 0.5) is 4.39 Å². The Balaban J connectivity index is 1.69. The lowest BCUT2D eigenvalue weighted by Crippen LogP contribution is -2.24. The van der Waals surface area contributed by atoms with Gasteiger partial charge in [0.05, 0.1) is 24.3 Å². The Labute approximate surface area is 157 Å². The van der Waals surface area contributed by atoms with Crippen molar-refractivity contribution in [2.45, 2.75) is 26.3 Å². The van der Waals surface area contributed by atoms with Gasteiger partial charge in [0.1, 0.15) is 5.75 Å². The molecule has 2 aromatic carbocycles. The molecule has 1 fully saturated rings. The minimum Gasteiger partial charge on any atom is -0.494 e. The van der Waals surface area contributed by atoms with Crippen LogP contribution in [0.25, 0.3) is 0 Å². The first-order chi connectivity index (χ1) is 12.4. The average Bonchev–Trinajstić information content (AvgIpc) is 3.36. The number of nitrogens with one attached hydrogen (secondary N) is 1. The molecule has 0 bridgehead atoms. The molecule has 1 aliphatic rings. The highest BCUT2D eigenvalue weighted by atomic mass is 35.5. The summed E-state index contributed by atoms with van der Waals surface area (Å²) >= 11 is 6.22. The number of carbonyl (C=O) groups excluding carboxylic acids is 1. The molecule has 0 spiro atoms. The smallest absolute Gasteiger partial charge is 0.256 e. The number of ether oxygens (including phenoxy) is 2. The normalized spacial score (nSPS) is 14.6. The van der Waals surface area contributed by atoms with Crippen LogP contribution in [0, 0.1) is 11.2 Å². The van der Waals surface area contributed by atoms with Gasteiger partial charge in [-0.1, -0.05) is 30.7 Å². The molecule has 0 atom stereocenters. The van der Waals surface area contributed by atoms with E-state index >= 15 is 0 Å². The number of benzene rings is 2. The molecule has 0 aromatic heterocycles. The summed E-state index contributed by atoms with van der Waals surface area (Å²) < 4.78 is 24.5. The molecule has 138 valence electrons. The second-order valence-electron chi connectivity index (χ2n) is 6.86. The summed E-state index contributed by atoms with van der Waals surface area (Å²) in [7, 11) is 1.40. The highest BCUT2D eigenvalue weighted by Gasteiger charge is 2.38. The summed E-state index contributed by atoms with van der Waals surface area (Å²) in [4.78, 5) is 12.6. The van der Waals surface area contributed by atoms with Crippen molar-refractivity contribution in [2.75, 3.05) is 13.7 Å². The molecule has 2 aromatic rings. The number of methoxy groups -OCH3 is 1. The van der Waals surface area contributed by atoms with Crippen LogP contribution in [-0.4, -0.2) is 19.6 Å². The lowest BCUT2D eigenvalue weighted by molar-refractivity contribution is 0.0945.